The van der Waals surface area contributed by atoms with Crippen LogP contribution in [0.5, 0.6) is 11.5 Å². The Bertz CT molecular complexity index is 543. The summed E-state index contributed by atoms with van der Waals surface area (Å²) in [5.41, 5.74) is 0.470. The van der Waals surface area contributed by atoms with E-state index < -0.39 is 0 Å². The van der Waals surface area contributed by atoms with E-state index >= 15 is 0 Å². The summed E-state index contributed by atoms with van der Waals surface area (Å²) in [6, 6.07) is 6.77. The molecule has 0 aliphatic heterocycles. The van der Waals surface area contributed by atoms with Gasteiger partial charge in [-0.1, -0.05) is 12.2 Å². The Balaban J connectivity index is 2.12. The highest BCUT2D eigenvalue weighted by atomic mass is 16.6. The summed E-state index contributed by atoms with van der Waals surface area (Å²) < 4.78 is 10.5. The molecule has 1 aromatic rings. The SMILES string of the molecule is COc1cc(C#N)ccc1OC(=O)[C@H]1CC=CCC1. The molecule has 1 aliphatic carbocycles. The second-order valence-electron chi connectivity index (χ2n) is 4.38. The van der Waals surface area contributed by atoms with Crippen molar-refractivity contribution in [2.24, 2.45) is 5.92 Å². The summed E-state index contributed by atoms with van der Waals surface area (Å²) in [5, 5.41) is 8.81. The Morgan fingerprint density at radius 1 is 1.37 bits per heavy atom. The number of nitrogens with zero attached hydrogens (tertiary/aromatic N) is 1. The van der Waals surface area contributed by atoms with Crippen molar-refractivity contribution in [2.45, 2.75) is 19.3 Å². The number of hydrogen-bond donors (Lipinski definition) is 0. The fourth-order valence-electron chi connectivity index (χ4n) is 2.02. The predicted molar refractivity (Wildman–Crippen MR) is 69.8 cm³/mol. The van der Waals surface area contributed by atoms with Crippen molar-refractivity contribution in [3.63, 3.8) is 0 Å². The summed E-state index contributed by atoms with van der Waals surface area (Å²) in [5.74, 6) is 0.428. The van der Waals surface area contributed by atoms with Gasteiger partial charge < -0.3 is 9.47 Å². The van der Waals surface area contributed by atoms with Gasteiger partial charge in [-0.25, -0.2) is 0 Å². The zero-order valence-corrected chi connectivity index (χ0v) is 10.8. The lowest BCUT2D eigenvalue weighted by Crippen LogP contribution is -2.21. The van der Waals surface area contributed by atoms with E-state index in [9.17, 15) is 4.79 Å². The van der Waals surface area contributed by atoms with Crippen LogP contribution in [-0.2, 0) is 4.79 Å². The van der Waals surface area contributed by atoms with Crippen LogP contribution >= 0.6 is 0 Å². The minimum absolute atomic E-state index is 0.0923. The maximum atomic E-state index is 12.0. The molecule has 4 nitrogen and oxygen atoms in total. The number of methoxy groups -OCH3 is 1. The van der Waals surface area contributed by atoms with E-state index in [0.717, 1.165) is 19.3 Å². The van der Waals surface area contributed by atoms with E-state index in [1.165, 1.54) is 7.11 Å². The van der Waals surface area contributed by atoms with E-state index in [1.54, 1.807) is 18.2 Å². The highest BCUT2D eigenvalue weighted by Gasteiger charge is 2.22. The minimum Gasteiger partial charge on any atom is -0.493 e. The van der Waals surface area contributed by atoms with Gasteiger partial charge in [0.2, 0.25) is 0 Å². The summed E-state index contributed by atoms with van der Waals surface area (Å²) in [6.45, 7) is 0. The molecule has 1 aliphatic rings. The van der Waals surface area contributed by atoms with E-state index in [2.05, 4.69) is 6.08 Å². The van der Waals surface area contributed by atoms with Gasteiger partial charge in [0, 0.05) is 6.07 Å². The molecule has 0 saturated heterocycles. The molecule has 0 bridgehead atoms. The maximum absolute atomic E-state index is 12.0. The van der Waals surface area contributed by atoms with Crippen molar-refractivity contribution in [3.8, 4) is 17.6 Å². The van der Waals surface area contributed by atoms with Gasteiger partial charge in [-0.15, -0.1) is 0 Å². The molecular weight excluding hydrogens is 242 g/mol. The number of carbonyl (C=O) groups excluding carboxylic acids is 1. The van der Waals surface area contributed by atoms with E-state index in [4.69, 9.17) is 14.7 Å². The van der Waals surface area contributed by atoms with Gasteiger partial charge in [0.05, 0.1) is 24.7 Å². The van der Waals surface area contributed by atoms with Crippen molar-refractivity contribution >= 4 is 5.97 Å². The van der Waals surface area contributed by atoms with Crippen molar-refractivity contribution in [3.05, 3.63) is 35.9 Å². The normalized spacial score (nSPS) is 17.6. The zero-order valence-electron chi connectivity index (χ0n) is 10.8. The Morgan fingerprint density at radius 2 is 2.21 bits per heavy atom. The number of hydrogen-bond acceptors (Lipinski definition) is 4. The van der Waals surface area contributed by atoms with Crippen molar-refractivity contribution in [2.75, 3.05) is 7.11 Å². The molecule has 0 amide bonds. The van der Waals surface area contributed by atoms with E-state index in [-0.39, 0.29) is 11.9 Å². The molecule has 0 fully saturated rings. The average molecular weight is 257 g/mol. The van der Waals surface area contributed by atoms with Crippen LogP contribution in [0, 0.1) is 17.2 Å². The smallest absolute Gasteiger partial charge is 0.314 e. The lowest BCUT2D eigenvalue weighted by molar-refractivity contribution is -0.139. The molecule has 1 atom stereocenters. The third-order valence-corrected chi connectivity index (χ3v) is 3.11. The number of esters is 1. The Morgan fingerprint density at radius 3 is 2.84 bits per heavy atom. The van der Waals surface area contributed by atoms with Crippen molar-refractivity contribution < 1.29 is 14.3 Å². The first-order valence-electron chi connectivity index (χ1n) is 6.19. The highest BCUT2D eigenvalue weighted by molar-refractivity contribution is 5.76. The molecule has 98 valence electrons. The van der Waals surface area contributed by atoms with Crippen LogP contribution in [0.1, 0.15) is 24.8 Å². The predicted octanol–water partition coefficient (Wildman–Crippen LogP) is 2.83. The third-order valence-electron chi connectivity index (χ3n) is 3.11. The molecule has 0 unspecified atom stereocenters. The quantitative estimate of drug-likeness (QED) is 0.474. The molecule has 2 rings (SSSR count). The van der Waals surface area contributed by atoms with Crippen molar-refractivity contribution in [1.29, 1.82) is 5.26 Å². The van der Waals surface area contributed by atoms with Gasteiger partial charge in [0.15, 0.2) is 11.5 Å². The molecule has 0 N–H and O–H groups in total. The topological polar surface area (TPSA) is 59.3 Å². The fraction of sp³-hybridized carbons (Fsp3) is 0.333. The second-order valence-corrected chi connectivity index (χ2v) is 4.38. The molecule has 0 spiro atoms. The lowest BCUT2D eigenvalue weighted by atomic mass is 9.95. The van der Waals surface area contributed by atoms with Gasteiger partial charge in [0.25, 0.3) is 0 Å². The lowest BCUT2D eigenvalue weighted by Gasteiger charge is -2.17. The number of rotatable bonds is 3. The standard InChI is InChI=1S/C15H15NO3/c1-18-14-9-11(10-16)7-8-13(14)19-15(17)12-5-3-2-4-6-12/h2-3,7-9,12H,4-6H2,1H3/t12-/m0/s1. The van der Waals surface area contributed by atoms with Gasteiger partial charge in [0.1, 0.15) is 0 Å². The van der Waals surface area contributed by atoms with Crippen LogP contribution in [0.3, 0.4) is 0 Å². The van der Waals surface area contributed by atoms with Crippen molar-refractivity contribution in [1.82, 2.24) is 0 Å². The first-order valence-corrected chi connectivity index (χ1v) is 6.19. The van der Waals surface area contributed by atoms with Gasteiger partial charge in [-0.3, -0.25) is 4.79 Å². The Labute approximate surface area is 112 Å². The molecule has 19 heavy (non-hydrogen) atoms. The largest absolute Gasteiger partial charge is 0.493 e. The summed E-state index contributed by atoms with van der Waals surface area (Å²) in [4.78, 5) is 12.0. The number of benzene rings is 1. The Hall–Kier alpha value is -2.28. The highest BCUT2D eigenvalue weighted by Crippen LogP contribution is 2.30. The van der Waals surface area contributed by atoms with Crippen LogP contribution in [0.2, 0.25) is 0 Å². The number of carbonyl (C=O) groups is 1. The van der Waals surface area contributed by atoms with E-state index in [0.29, 0.717) is 17.1 Å². The number of allylic oxidation sites excluding steroid dienone is 2. The summed E-state index contributed by atoms with van der Waals surface area (Å²) in [7, 11) is 1.48. The van der Waals surface area contributed by atoms with Crippen LogP contribution in [-0.4, -0.2) is 13.1 Å². The summed E-state index contributed by atoms with van der Waals surface area (Å²) >= 11 is 0. The Kier molecular flexibility index (Phi) is 4.19. The first-order chi connectivity index (χ1) is 9.24. The van der Waals surface area contributed by atoms with E-state index in [1.807, 2.05) is 12.1 Å². The van der Waals surface area contributed by atoms with Gasteiger partial charge in [-0.2, -0.15) is 5.26 Å². The maximum Gasteiger partial charge on any atom is 0.314 e. The van der Waals surface area contributed by atoms with Crippen LogP contribution in [0.15, 0.2) is 30.4 Å². The van der Waals surface area contributed by atoms with Crippen LogP contribution < -0.4 is 9.47 Å². The molecule has 1 aromatic carbocycles. The third kappa shape index (κ3) is 3.14. The second kappa shape index (κ2) is 6.05. The average Bonchev–Trinajstić information content (AvgIpc) is 2.48. The summed E-state index contributed by atoms with van der Waals surface area (Å²) in [6.07, 6.45) is 6.52. The molecule has 0 aromatic heterocycles. The molecule has 0 saturated carbocycles. The fourth-order valence-corrected chi connectivity index (χ4v) is 2.02. The zero-order chi connectivity index (χ0) is 13.7. The van der Waals surface area contributed by atoms with Crippen LogP contribution in [0.4, 0.5) is 0 Å². The first kappa shape index (κ1) is 13.2. The molecular formula is C15H15NO3. The van der Waals surface area contributed by atoms with Gasteiger partial charge >= 0.3 is 5.97 Å². The number of nitriles is 1. The molecule has 4 heteroatoms. The van der Waals surface area contributed by atoms with Crippen LogP contribution in [0.25, 0.3) is 0 Å². The minimum atomic E-state index is -0.243. The number of ether oxygens (including phenoxy) is 2. The monoisotopic (exact) mass is 257 g/mol. The molecule has 0 heterocycles. The van der Waals surface area contributed by atoms with Gasteiger partial charge in [-0.05, 0) is 31.4 Å². The molecule has 0 radical (unpaired) electrons.